The molecule has 0 bridgehead atoms. The van der Waals surface area contributed by atoms with Crippen LogP contribution in [-0.4, -0.2) is 22.3 Å². The van der Waals surface area contributed by atoms with Crippen LogP contribution in [0.3, 0.4) is 0 Å². The van der Waals surface area contributed by atoms with Crippen molar-refractivity contribution >= 4 is 16.4 Å². The zero-order valence-electron chi connectivity index (χ0n) is 14.1. The highest BCUT2D eigenvalue weighted by Crippen LogP contribution is 2.41. The Balaban J connectivity index is 3.83. The molecule has 2 N–H and O–H groups in total. The van der Waals surface area contributed by atoms with Gasteiger partial charge in [0.25, 0.3) is 0 Å². The summed E-state index contributed by atoms with van der Waals surface area (Å²) in [6.07, 6.45) is 10.8. The van der Waals surface area contributed by atoms with Gasteiger partial charge in [0, 0.05) is 8.81 Å². The molecule has 0 spiro atoms. The SMILES string of the molecule is CC(C)=CCCC(C)=CCCC(C)=CCOPCP(=O)(O)O. The first kappa shape index (κ1) is 21.8. The van der Waals surface area contributed by atoms with Gasteiger partial charge in [-0.3, -0.25) is 4.57 Å². The normalized spacial score (nSPS) is 13.9. The topological polar surface area (TPSA) is 66.8 Å². The van der Waals surface area contributed by atoms with Crippen molar-refractivity contribution in [3.63, 3.8) is 0 Å². The second kappa shape index (κ2) is 12.2. The maximum Gasteiger partial charge on any atom is 0.331 e. The molecule has 0 heterocycles. The van der Waals surface area contributed by atoms with Crippen molar-refractivity contribution in [2.75, 3.05) is 12.5 Å². The summed E-state index contributed by atoms with van der Waals surface area (Å²) in [4.78, 5) is 17.4. The molecule has 1 atom stereocenters. The van der Waals surface area contributed by atoms with E-state index in [2.05, 4.69) is 39.8 Å². The zero-order valence-corrected chi connectivity index (χ0v) is 16.0. The van der Waals surface area contributed by atoms with Gasteiger partial charge in [-0.1, -0.05) is 34.9 Å². The van der Waals surface area contributed by atoms with Crippen molar-refractivity contribution in [3.8, 4) is 0 Å². The minimum absolute atomic E-state index is 0.146. The molecule has 0 fully saturated rings. The first-order valence-corrected chi connectivity index (χ1v) is 10.5. The van der Waals surface area contributed by atoms with Crippen LogP contribution in [-0.2, 0) is 9.09 Å². The molecular formula is C16H30O4P2. The summed E-state index contributed by atoms with van der Waals surface area (Å²) < 4.78 is 15.9. The van der Waals surface area contributed by atoms with E-state index in [0.717, 1.165) is 25.7 Å². The summed E-state index contributed by atoms with van der Waals surface area (Å²) in [5.41, 5.74) is 4.03. The third-order valence-electron chi connectivity index (χ3n) is 3.01. The van der Waals surface area contributed by atoms with Gasteiger partial charge < -0.3 is 14.3 Å². The molecule has 0 radical (unpaired) electrons. The van der Waals surface area contributed by atoms with Crippen molar-refractivity contribution in [3.05, 3.63) is 34.9 Å². The van der Waals surface area contributed by atoms with E-state index in [1.165, 1.54) is 16.7 Å². The molecule has 0 saturated carbocycles. The van der Waals surface area contributed by atoms with Gasteiger partial charge >= 0.3 is 7.60 Å². The minimum atomic E-state index is -3.92. The Morgan fingerprint density at radius 3 is 2.09 bits per heavy atom. The molecule has 6 heteroatoms. The Morgan fingerprint density at radius 1 is 1.00 bits per heavy atom. The van der Waals surface area contributed by atoms with Crippen LogP contribution in [0.4, 0.5) is 0 Å². The van der Waals surface area contributed by atoms with Crippen LogP contribution in [0, 0.1) is 0 Å². The molecule has 128 valence electrons. The van der Waals surface area contributed by atoms with E-state index in [4.69, 9.17) is 14.3 Å². The quantitative estimate of drug-likeness (QED) is 0.308. The van der Waals surface area contributed by atoms with Crippen molar-refractivity contribution in [2.24, 2.45) is 0 Å². The summed E-state index contributed by atoms with van der Waals surface area (Å²) in [5.74, 6) is -0.187. The molecule has 0 amide bonds. The average Bonchev–Trinajstić information content (AvgIpc) is 2.36. The molecule has 0 aromatic carbocycles. The molecule has 0 aliphatic rings. The van der Waals surface area contributed by atoms with E-state index in [1.54, 1.807) is 0 Å². The maximum atomic E-state index is 10.6. The molecule has 4 nitrogen and oxygen atoms in total. The van der Waals surface area contributed by atoms with Crippen LogP contribution in [0.5, 0.6) is 0 Å². The first-order chi connectivity index (χ1) is 10.2. The number of allylic oxidation sites excluding steroid dienone is 5. The lowest BCUT2D eigenvalue weighted by atomic mass is 10.1. The number of hydrogen-bond donors (Lipinski definition) is 2. The predicted molar refractivity (Wildman–Crippen MR) is 96.6 cm³/mol. The molecule has 0 aromatic heterocycles. The first-order valence-electron chi connectivity index (χ1n) is 7.54. The molecule has 0 aliphatic heterocycles. The van der Waals surface area contributed by atoms with Gasteiger partial charge in [-0.15, -0.1) is 0 Å². The molecule has 0 saturated heterocycles. The Kier molecular flexibility index (Phi) is 12.1. The number of hydrogen-bond acceptors (Lipinski definition) is 2. The predicted octanol–water partition coefficient (Wildman–Crippen LogP) is 5.15. The zero-order chi connectivity index (χ0) is 17.0. The summed E-state index contributed by atoms with van der Waals surface area (Å²) in [6, 6.07) is 0. The lowest BCUT2D eigenvalue weighted by molar-refractivity contribution is 0.375. The summed E-state index contributed by atoms with van der Waals surface area (Å²) in [6.45, 7) is 8.89. The van der Waals surface area contributed by atoms with Crippen LogP contribution in [0.2, 0.25) is 0 Å². The number of rotatable bonds is 11. The van der Waals surface area contributed by atoms with Crippen LogP contribution in [0.25, 0.3) is 0 Å². The van der Waals surface area contributed by atoms with Crippen molar-refractivity contribution < 1.29 is 18.9 Å². The van der Waals surface area contributed by atoms with Gasteiger partial charge in [-0.05, 0) is 53.4 Å². The summed E-state index contributed by atoms with van der Waals surface area (Å²) in [7, 11) is -4.07. The van der Waals surface area contributed by atoms with Crippen LogP contribution in [0.1, 0.15) is 53.4 Å². The monoisotopic (exact) mass is 348 g/mol. The highest BCUT2D eigenvalue weighted by molar-refractivity contribution is 7.62. The van der Waals surface area contributed by atoms with Gasteiger partial charge in [0.05, 0.1) is 12.5 Å². The highest BCUT2D eigenvalue weighted by Gasteiger charge is 2.11. The largest absolute Gasteiger partial charge is 0.358 e. The van der Waals surface area contributed by atoms with E-state index >= 15 is 0 Å². The van der Waals surface area contributed by atoms with Gasteiger partial charge in [0.2, 0.25) is 0 Å². The summed E-state index contributed by atoms with van der Waals surface area (Å²) >= 11 is 0. The third-order valence-corrected chi connectivity index (χ3v) is 5.55. The second-order valence-corrected chi connectivity index (χ2v) is 8.91. The van der Waals surface area contributed by atoms with E-state index in [-0.39, 0.29) is 14.7 Å². The molecule has 0 aromatic rings. The van der Waals surface area contributed by atoms with Crippen molar-refractivity contribution in [1.82, 2.24) is 0 Å². The average molecular weight is 348 g/mol. The van der Waals surface area contributed by atoms with Gasteiger partial charge in [-0.25, -0.2) is 0 Å². The van der Waals surface area contributed by atoms with Crippen molar-refractivity contribution in [1.29, 1.82) is 0 Å². The molecule has 0 rings (SSSR count). The molecule has 1 unspecified atom stereocenters. The molecule has 0 aliphatic carbocycles. The molecule has 22 heavy (non-hydrogen) atoms. The summed E-state index contributed by atoms with van der Waals surface area (Å²) in [5, 5.41) is 0. The van der Waals surface area contributed by atoms with Crippen LogP contribution >= 0.6 is 16.4 Å². The Morgan fingerprint density at radius 2 is 1.55 bits per heavy atom. The van der Waals surface area contributed by atoms with Gasteiger partial charge in [-0.2, -0.15) is 0 Å². The van der Waals surface area contributed by atoms with Crippen LogP contribution < -0.4 is 0 Å². The van der Waals surface area contributed by atoms with E-state index in [1.807, 2.05) is 6.08 Å². The van der Waals surface area contributed by atoms with Crippen molar-refractivity contribution in [2.45, 2.75) is 53.4 Å². The maximum absolute atomic E-state index is 10.6. The smallest absolute Gasteiger partial charge is 0.331 e. The fourth-order valence-corrected chi connectivity index (χ4v) is 2.95. The second-order valence-electron chi connectivity index (χ2n) is 5.74. The Bertz CT molecular complexity index is 443. The lowest BCUT2D eigenvalue weighted by Crippen LogP contribution is -1.86. The van der Waals surface area contributed by atoms with Crippen LogP contribution in [0.15, 0.2) is 34.9 Å². The Hall–Kier alpha value is -0.240. The van der Waals surface area contributed by atoms with E-state index in [9.17, 15) is 4.57 Å². The van der Waals surface area contributed by atoms with Gasteiger partial charge in [0.1, 0.15) is 0 Å². The minimum Gasteiger partial charge on any atom is -0.358 e. The fraction of sp³-hybridized carbons (Fsp3) is 0.625. The van der Waals surface area contributed by atoms with Gasteiger partial charge in [0.15, 0.2) is 0 Å². The van der Waals surface area contributed by atoms with E-state index < -0.39 is 7.60 Å². The molecular weight excluding hydrogens is 318 g/mol. The standard InChI is InChI=1S/C16H30O4P2/c1-14(2)7-5-8-15(3)9-6-10-16(4)11-12-20-21-13-22(17,18)19/h7,9,11,21H,5-6,8,10,12-13H2,1-4H3,(H2,17,18,19). The van der Waals surface area contributed by atoms with E-state index in [0.29, 0.717) is 6.61 Å². The fourth-order valence-electron chi connectivity index (χ4n) is 1.71. The Labute approximate surface area is 136 Å². The third kappa shape index (κ3) is 16.1. The highest BCUT2D eigenvalue weighted by atomic mass is 31.2. The lowest BCUT2D eigenvalue weighted by Gasteiger charge is -2.04.